The van der Waals surface area contributed by atoms with Crippen molar-refractivity contribution in [3.63, 3.8) is 0 Å². The highest BCUT2D eigenvalue weighted by molar-refractivity contribution is 5.77. The normalized spacial score (nSPS) is 13.9. The first kappa shape index (κ1) is 57.3. The first-order valence-corrected chi connectivity index (χ1v) is 25.2. The summed E-state index contributed by atoms with van der Waals surface area (Å²) in [6.45, 7) is 6.29. The largest absolute Gasteiger partial charge is 0.462 e. The lowest BCUT2D eigenvalue weighted by atomic mass is 10.0. The molecule has 3 N–H and O–H groups in total. The second-order valence-corrected chi connectivity index (χ2v) is 17.0. The van der Waals surface area contributed by atoms with Crippen LogP contribution in [0.5, 0.6) is 0 Å². The SMILES string of the molecule is CC/C=C/C=C/C=C\C=C/CCCC(CC(=O)NC(CO)C(O)CCCCCCCCCCCCCCCCC)OC(=O)CCCCCCCC/C=C/C=C/CCCCC. The van der Waals surface area contributed by atoms with Gasteiger partial charge in [-0.15, -0.1) is 0 Å². The van der Waals surface area contributed by atoms with Gasteiger partial charge in [-0.05, 0) is 64.2 Å². The third-order valence-electron chi connectivity index (χ3n) is 11.1. The maximum atomic E-state index is 13.2. The third-order valence-corrected chi connectivity index (χ3v) is 11.1. The Balaban J connectivity index is 4.61. The molecule has 0 spiro atoms. The van der Waals surface area contributed by atoms with E-state index in [-0.39, 0.29) is 24.9 Å². The molecule has 0 aliphatic heterocycles. The number of aliphatic hydroxyl groups excluding tert-OH is 2. The summed E-state index contributed by atoms with van der Waals surface area (Å²) in [6, 6.07) is -0.727. The fourth-order valence-corrected chi connectivity index (χ4v) is 7.32. The van der Waals surface area contributed by atoms with Crippen molar-refractivity contribution in [2.24, 2.45) is 0 Å². The van der Waals surface area contributed by atoms with Gasteiger partial charge in [0.1, 0.15) is 6.10 Å². The molecule has 0 rings (SSSR count). The predicted molar refractivity (Wildman–Crippen MR) is 259 cm³/mol. The topological polar surface area (TPSA) is 95.9 Å². The van der Waals surface area contributed by atoms with E-state index in [9.17, 15) is 19.8 Å². The second kappa shape index (κ2) is 47.4. The Hall–Kier alpha value is -2.70. The fourth-order valence-electron chi connectivity index (χ4n) is 7.32. The molecule has 3 unspecified atom stereocenters. The molecule has 0 bridgehead atoms. The molecule has 0 aromatic heterocycles. The van der Waals surface area contributed by atoms with Gasteiger partial charge in [-0.2, -0.15) is 0 Å². The number of hydrogen-bond acceptors (Lipinski definition) is 5. The van der Waals surface area contributed by atoms with Crippen molar-refractivity contribution in [2.75, 3.05) is 6.61 Å². The molecule has 0 fully saturated rings. The van der Waals surface area contributed by atoms with Gasteiger partial charge in [-0.1, -0.05) is 229 Å². The zero-order valence-electron chi connectivity index (χ0n) is 39.3. The standard InChI is InChI=1S/C54H95NO5/c1-4-7-10-13-16-19-22-24-26-28-31-34-37-40-43-46-52(57)51(49-56)55-53(58)48-50(45-42-39-36-33-30-21-18-15-12-9-6-3)60-54(59)47-44-41-38-35-32-29-27-25-23-20-17-14-11-8-5-2/h9,12,15,17-18,20-21,23,25,30,33,36,50-52,56-57H,4-8,10-11,13-14,16,19,22,24,26-29,31-32,34-35,37-49H2,1-3H3,(H,55,58)/b12-9+,18-15+,20-17+,25-23+,30-21-,36-33-. The number of aliphatic hydroxyl groups is 2. The number of carbonyl (C=O) groups is 2. The van der Waals surface area contributed by atoms with Crippen LogP contribution in [0.25, 0.3) is 0 Å². The minimum atomic E-state index is -0.809. The van der Waals surface area contributed by atoms with E-state index >= 15 is 0 Å². The van der Waals surface area contributed by atoms with Crippen LogP contribution >= 0.6 is 0 Å². The van der Waals surface area contributed by atoms with Crippen LogP contribution < -0.4 is 5.32 Å². The average molecular weight is 838 g/mol. The van der Waals surface area contributed by atoms with Gasteiger partial charge < -0.3 is 20.3 Å². The molecule has 60 heavy (non-hydrogen) atoms. The molecular weight excluding hydrogens is 743 g/mol. The minimum Gasteiger partial charge on any atom is -0.462 e. The zero-order chi connectivity index (χ0) is 43.8. The monoisotopic (exact) mass is 838 g/mol. The second-order valence-electron chi connectivity index (χ2n) is 17.0. The van der Waals surface area contributed by atoms with Crippen molar-refractivity contribution < 1.29 is 24.5 Å². The van der Waals surface area contributed by atoms with Gasteiger partial charge in [0.05, 0.1) is 25.2 Å². The molecule has 6 nitrogen and oxygen atoms in total. The summed E-state index contributed by atoms with van der Waals surface area (Å²) in [5.74, 6) is -0.558. The van der Waals surface area contributed by atoms with E-state index in [0.717, 1.165) is 64.2 Å². The van der Waals surface area contributed by atoms with Crippen LogP contribution in [0.4, 0.5) is 0 Å². The van der Waals surface area contributed by atoms with Crippen molar-refractivity contribution in [3.8, 4) is 0 Å². The molecular formula is C54H95NO5. The Morgan fingerprint density at radius 2 is 0.917 bits per heavy atom. The van der Waals surface area contributed by atoms with Gasteiger partial charge in [0.2, 0.25) is 5.91 Å². The number of hydrogen-bond donors (Lipinski definition) is 3. The predicted octanol–water partition coefficient (Wildman–Crippen LogP) is 15.0. The lowest BCUT2D eigenvalue weighted by Gasteiger charge is -2.24. The van der Waals surface area contributed by atoms with Crippen molar-refractivity contribution in [3.05, 3.63) is 72.9 Å². The Morgan fingerprint density at radius 3 is 1.45 bits per heavy atom. The molecule has 0 aliphatic rings. The molecule has 3 atom stereocenters. The van der Waals surface area contributed by atoms with Crippen molar-refractivity contribution in [1.82, 2.24) is 5.32 Å². The number of unbranched alkanes of at least 4 members (excludes halogenated alkanes) is 24. The number of rotatable bonds is 44. The summed E-state index contributed by atoms with van der Waals surface area (Å²) >= 11 is 0. The molecule has 0 aromatic rings. The highest BCUT2D eigenvalue weighted by atomic mass is 16.5. The molecule has 1 amide bonds. The maximum Gasteiger partial charge on any atom is 0.306 e. The summed E-state index contributed by atoms with van der Waals surface area (Å²) < 4.78 is 5.88. The lowest BCUT2D eigenvalue weighted by Crippen LogP contribution is -2.46. The van der Waals surface area contributed by atoms with Crippen LogP contribution in [0, 0.1) is 0 Å². The van der Waals surface area contributed by atoms with Gasteiger partial charge in [0.25, 0.3) is 0 Å². The lowest BCUT2D eigenvalue weighted by molar-refractivity contribution is -0.151. The number of esters is 1. The smallest absolute Gasteiger partial charge is 0.306 e. The molecule has 0 saturated carbocycles. The Labute approximate surface area is 371 Å². The highest BCUT2D eigenvalue weighted by Gasteiger charge is 2.24. The van der Waals surface area contributed by atoms with Crippen LogP contribution in [0.1, 0.15) is 233 Å². The summed E-state index contributed by atoms with van der Waals surface area (Å²) in [5.41, 5.74) is 0. The van der Waals surface area contributed by atoms with Gasteiger partial charge >= 0.3 is 5.97 Å². The van der Waals surface area contributed by atoms with Crippen LogP contribution in [0.15, 0.2) is 72.9 Å². The molecule has 0 aromatic carbocycles. The van der Waals surface area contributed by atoms with E-state index in [4.69, 9.17) is 4.74 Å². The number of carbonyl (C=O) groups excluding carboxylic acids is 2. The molecule has 6 heteroatoms. The van der Waals surface area contributed by atoms with E-state index in [1.165, 1.54) is 122 Å². The first-order chi connectivity index (χ1) is 29.5. The number of allylic oxidation sites excluding steroid dienone is 12. The van der Waals surface area contributed by atoms with Gasteiger partial charge in [0, 0.05) is 6.42 Å². The minimum absolute atomic E-state index is 0.0245. The van der Waals surface area contributed by atoms with E-state index in [1.807, 2.05) is 36.5 Å². The molecule has 346 valence electrons. The van der Waals surface area contributed by atoms with Gasteiger partial charge in [-0.3, -0.25) is 9.59 Å². The van der Waals surface area contributed by atoms with Crippen LogP contribution in [0.3, 0.4) is 0 Å². The Bertz CT molecular complexity index is 1120. The highest BCUT2D eigenvalue weighted by Crippen LogP contribution is 2.17. The molecule has 0 heterocycles. The third kappa shape index (κ3) is 42.0. The molecule has 0 radical (unpaired) electrons. The average Bonchev–Trinajstić information content (AvgIpc) is 3.24. The Morgan fingerprint density at radius 1 is 0.500 bits per heavy atom. The van der Waals surface area contributed by atoms with Crippen LogP contribution in [0.2, 0.25) is 0 Å². The summed E-state index contributed by atoms with van der Waals surface area (Å²) in [6.07, 6.45) is 59.7. The van der Waals surface area contributed by atoms with Crippen molar-refractivity contribution in [1.29, 1.82) is 0 Å². The van der Waals surface area contributed by atoms with Crippen LogP contribution in [-0.2, 0) is 14.3 Å². The fraction of sp³-hybridized carbons (Fsp3) is 0.741. The quantitative estimate of drug-likeness (QED) is 0.0323. The van der Waals surface area contributed by atoms with E-state index in [2.05, 4.69) is 62.5 Å². The van der Waals surface area contributed by atoms with Gasteiger partial charge in [-0.25, -0.2) is 0 Å². The van der Waals surface area contributed by atoms with Crippen LogP contribution in [-0.4, -0.2) is 46.9 Å². The van der Waals surface area contributed by atoms with Gasteiger partial charge in [0.15, 0.2) is 0 Å². The van der Waals surface area contributed by atoms with Crippen molar-refractivity contribution >= 4 is 11.9 Å². The van der Waals surface area contributed by atoms with E-state index in [1.54, 1.807) is 0 Å². The van der Waals surface area contributed by atoms with Crippen molar-refractivity contribution in [2.45, 2.75) is 251 Å². The molecule has 0 saturated heterocycles. The van der Waals surface area contributed by atoms with E-state index < -0.39 is 18.2 Å². The maximum absolute atomic E-state index is 13.2. The first-order valence-electron chi connectivity index (χ1n) is 25.2. The van der Waals surface area contributed by atoms with E-state index in [0.29, 0.717) is 19.3 Å². The summed E-state index contributed by atoms with van der Waals surface area (Å²) in [5, 5.41) is 23.7. The number of ether oxygens (including phenoxy) is 1. The summed E-state index contributed by atoms with van der Waals surface area (Å²) in [4.78, 5) is 26.1. The number of nitrogens with one attached hydrogen (secondary N) is 1. The zero-order valence-corrected chi connectivity index (χ0v) is 39.3. The number of amides is 1. The summed E-state index contributed by atoms with van der Waals surface area (Å²) in [7, 11) is 0. The Kier molecular flexibility index (Phi) is 45.2. The molecule has 0 aliphatic carbocycles.